The zero-order chi connectivity index (χ0) is 19.7. The number of hydrogen-bond donors (Lipinski definition) is 1. The molecule has 1 N–H and O–H groups in total. The summed E-state index contributed by atoms with van der Waals surface area (Å²) in [6.45, 7) is 12.4. The summed E-state index contributed by atoms with van der Waals surface area (Å²) in [4.78, 5) is 12.9. The number of carbonyl (C=O) groups excluding carboxylic acids is 1. The number of ether oxygens (including phenoxy) is 2. The highest BCUT2D eigenvalue weighted by molar-refractivity contribution is 6.06. The molecule has 0 unspecified atom stereocenters. The Kier molecular flexibility index (Phi) is 5.35. The molecule has 0 radical (unpaired) electrons. The lowest BCUT2D eigenvalue weighted by atomic mass is 9.92. The van der Waals surface area contributed by atoms with Gasteiger partial charge in [0.1, 0.15) is 5.82 Å². The molecule has 1 amide bonds. The van der Waals surface area contributed by atoms with Gasteiger partial charge in [-0.2, -0.15) is 5.10 Å². The van der Waals surface area contributed by atoms with E-state index in [2.05, 4.69) is 26.1 Å². The molecule has 0 spiro atoms. The smallest absolute Gasteiger partial charge is 0.260 e. The van der Waals surface area contributed by atoms with Crippen LogP contribution in [-0.2, 0) is 11.0 Å². The summed E-state index contributed by atoms with van der Waals surface area (Å²) in [7, 11) is 3.07. The van der Waals surface area contributed by atoms with Gasteiger partial charge >= 0.3 is 0 Å². The number of amides is 1. The molecule has 0 fully saturated rings. The highest BCUT2D eigenvalue weighted by Crippen LogP contribution is 2.32. The number of carbonyl (C=O) groups is 1. The van der Waals surface area contributed by atoms with Gasteiger partial charge in [0.15, 0.2) is 11.5 Å². The number of benzene rings is 1. The van der Waals surface area contributed by atoms with Crippen molar-refractivity contribution in [2.45, 2.75) is 52.5 Å². The number of methoxy groups -OCH3 is 2. The van der Waals surface area contributed by atoms with E-state index in [0.717, 1.165) is 5.69 Å². The minimum absolute atomic E-state index is 0.121. The molecule has 26 heavy (non-hydrogen) atoms. The Morgan fingerprint density at radius 2 is 1.73 bits per heavy atom. The normalized spacial score (nSPS) is 12.0. The maximum atomic E-state index is 12.9. The molecule has 6 nitrogen and oxygen atoms in total. The monoisotopic (exact) mass is 359 g/mol. The second kappa shape index (κ2) is 7.02. The average molecular weight is 359 g/mol. The van der Waals surface area contributed by atoms with Crippen LogP contribution in [0.3, 0.4) is 0 Å². The first kappa shape index (κ1) is 19.8. The van der Waals surface area contributed by atoms with E-state index in [-0.39, 0.29) is 16.9 Å². The van der Waals surface area contributed by atoms with E-state index in [9.17, 15) is 4.79 Å². The molecule has 1 aromatic heterocycles. The van der Waals surface area contributed by atoms with Crippen molar-refractivity contribution < 1.29 is 14.3 Å². The van der Waals surface area contributed by atoms with Gasteiger partial charge in [-0.25, -0.2) is 4.68 Å². The van der Waals surface area contributed by atoms with Crippen molar-refractivity contribution >= 4 is 11.7 Å². The first-order chi connectivity index (χ1) is 12.0. The molecule has 0 aliphatic rings. The van der Waals surface area contributed by atoms with Gasteiger partial charge in [0.2, 0.25) is 0 Å². The molecule has 2 aromatic rings. The molecule has 0 aliphatic heterocycles. The van der Waals surface area contributed by atoms with E-state index in [4.69, 9.17) is 14.6 Å². The molecule has 0 atom stereocenters. The lowest BCUT2D eigenvalue weighted by molar-refractivity contribution is 0.102. The molecule has 0 saturated heterocycles. The van der Waals surface area contributed by atoms with Gasteiger partial charge in [-0.15, -0.1) is 0 Å². The lowest BCUT2D eigenvalue weighted by Gasteiger charge is -2.23. The van der Waals surface area contributed by atoms with Crippen LogP contribution in [-0.4, -0.2) is 29.9 Å². The zero-order valence-corrected chi connectivity index (χ0v) is 16.9. The Hall–Kier alpha value is -2.50. The van der Waals surface area contributed by atoms with Gasteiger partial charge < -0.3 is 14.8 Å². The van der Waals surface area contributed by atoms with Crippen molar-refractivity contribution in [3.05, 3.63) is 35.5 Å². The first-order valence-electron chi connectivity index (χ1n) is 8.62. The zero-order valence-electron chi connectivity index (χ0n) is 16.9. The predicted octanol–water partition coefficient (Wildman–Crippen LogP) is 4.21. The van der Waals surface area contributed by atoms with Crippen molar-refractivity contribution in [1.82, 2.24) is 9.78 Å². The van der Waals surface area contributed by atoms with Crippen molar-refractivity contribution in [2.24, 2.45) is 0 Å². The van der Waals surface area contributed by atoms with Crippen molar-refractivity contribution in [3.63, 3.8) is 0 Å². The highest BCUT2D eigenvalue weighted by Gasteiger charge is 2.26. The standard InChI is InChI=1S/C20H29N3O3/c1-19(2,3)15-12-16(23(22-15)20(4,5)6)21-18(24)13-10-9-11-14(25-7)17(13)26-8/h9-12H,1-8H3,(H,21,24). The van der Waals surface area contributed by atoms with Crippen LogP contribution >= 0.6 is 0 Å². The number of nitrogens with zero attached hydrogens (tertiary/aromatic N) is 2. The van der Waals surface area contributed by atoms with E-state index in [1.807, 2.05) is 31.5 Å². The second-order valence-electron chi connectivity index (χ2n) is 8.24. The fraction of sp³-hybridized carbons (Fsp3) is 0.500. The van der Waals surface area contributed by atoms with E-state index >= 15 is 0 Å². The summed E-state index contributed by atoms with van der Waals surface area (Å²) in [5.41, 5.74) is 0.931. The Labute approximate surface area is 155 Å². The van der Waals surface area contributed by atoms with Crippen LogP contribution in [0.1, 0.15) is 57.6 Å². The fourth-order valence-corrected chi connectivity index (χ4v) is 2.60. The Morgan fingerprint density at radius 1 is 1.08 bits per heavy atom. The van der Waals surface area contributed by atoms with E-state index in [1.54, 1.807) is 25.3 Å². The van der Waals surface area contributed by atoms with Crippen molar-refractivity contribution in [1.29, 1.82) is 0 Å². The quantitative estimate of drug-likeness (QED) is 0.888. The van der Waals surface area contributed by atoms with E-state index in [0.29, 0.717) is 22.9 Å². The van der Waals surface area contributed by atoms with Gasteiger partial charge in [-0.1, -0.05) is 26.8 Å². The van der Waals surface area contributed by atoms with Crippen LogP contribution in [0.15, 0.2) is 24.3 Å². The minimum atomic E-state index is -0.273. The maximum Gasteiger partial charge on any atom is 0.260 e. The van der Waals surface area contributed by atoms with Gasteiger partial charge in [0.25, 0.3) is 5.91 Å². The SMILES string of the molecule is COc1cccc(C(=O)Nc2cc(C(C)(C)C)nn2C(C)(C)C)c1OC. The molecule has 0 bridgehead atoms. The number of hydrogen-bond acceptors (Lipinski definition) is 4. The number of nitrogens with one attached hydrogen (secondary N) is 1. The van der Waals surface area contributed by atoms with Gasteiger partial charge in [-0.3, -0.25) is 4.79 Å². The lowest BCUT2D eigenvalue weighted by Crippen LogP contribution is -2.27. The van der Waals surface area contributed by atoms with Crippen LogP contribution in [0.5, 0.6) is 11.5 Å². The Balaban J connectivity index is 2.46. The third kappa shape index (κ3) is 4.00. The van der Waals surface area contributed by atoms with Crippen LogP contribution in [0.2, 0.25) is 0 Å². The van der Waals surface area contributed by atoms with Crippen molar-refractivity contribution in [2.75, 3.05) is 19.5 Å². The van der Waals surface area contributed by atoms with E-state index in [1.165, 1.54) is 7.11 Å². The molecule has 1 aromatic carbocycles. The second-order valence-corrected chi connectivity index (χ2v) is 8.24. The number of para-hydroxylation sites is 1. The molecular weight excluding hydrogens is 330 g/mol. The third-order valence-electron chi connectivity index (χ3n) is 4.00. The van der Waals surface area contributed by atoms with Gasteiger partial charge in [0, 0.05) is 11.5 Å². The topological polar surface area (TPSA) is 65.4 Å². The summed E-state index contributed by atoms with van der Waals surface area (Å²) < 4.78 is 12.5. The van der Waals surface area contributed by atoms with Crippen LogP contribution in [0.4, 0.5) is 5.82 Å². The maximum absolute atomic E-state index is 12.9. The summed E-state index contributed by atoms with van der Waals surface area (Å²) in [5.74, 6) is 1.30. The number of rotatable bonds is 4. The van der Waals surface area contributed by atoms with Crippen molar-refractivity contribution in [3.8, 4) is 11.5 Å². The minimum Gasteiger partial charge on any atom is -0.493 e. The van der Waals surface area contributed by atoms with Crippen LogP contribution in [0, 0.1) is 0 Å². The number of aromatic nitrogens is 2. The third-order valence-corrected chi connectivity index (χ3v) is 4.00. The highest BCUT2D eigenvalue weighted by atomic mass is 16.5. The van der Waals surface area contributed by atoms with Gasteiger partial charge in [-0.05, 0) is 32.9 Å². The molecule has 0 saturated carbocycles. The molecule has 1 heterocycles. The summed E-state index contributed by atoms with van der Waals surface area (Å²) in [5, 5.41) is 7.70. The Morgan fingerprint density at radius 3 is 2.23 bits per heavy atom. The number of anilines is 1. The molecular formula is C20H29N3O3. The molecule has 2 rings (SSSR count). The van der Waals surface area contributed by atoms with E-state index < -0.39 is 0 Å². The summed E-state index contributed by atoms with van der Waals surface area (Å²) in [6, 6.07) is 7.15. The summed E-state index contributed by atoms with van der Waals surface area (Å²) in [6.07, 6.45) is 0. The average Bonchev–Trinajstić information content (AvgIpc) is 2.98. The van der Waals surface area contributed by atoms with Gasteiger partial charge in [0.05, 0.1) is 31.0 Å². The molecule has 0 aliphatic carbocycles. The Bertz CT molecular complexity index is 796. The van der Waals surface area contributed by atoms with Crippen LogP contribution in [0.25, 0.3) is 0 Å². The largest absolute Gasteiger partial charge is 0.493 e. The fourth-order valence-electron chi connectivity index (χ4n) is 2.60. The van der Waals surface area contributed by atoms with Crippen LogP contribution < -0.4 is 14.8 Å². The molecule has 6 heteroatoms. The first-order valence-corrected chi connectivity index (χ1v) is 8.62. The predicted molar refractivity (Wildman–Crippen MR) is 103 cm³/mol. The molecule has 142 valence electrons. The summed E-state index contributed by atoms with van der Waals surface area (Å²) >= 11 is 0.